The Kier molecular flexibility index (Phi) is 3.32. The number of tetrazole rings is 1. The third-order valence-electron chi connectivity index (χ3n) is 4.09. The molecule has 1 aliphatic carbocycles. The van der Waals surface area contributed by atoms with E-state index in [0.717, 1.165) is 29.7 Å². The third kappa shape index (κ3) is 2.47. The second kappa shape index (κ2) is 5.36. The van der Waals surface area contributed by atoms with Crippen molar-refractivity contribution in [1.82, 2.24) is 30.6 Å². The van der Waals surface area contributed by atoms with Crippen LogP contribution in [0.15, 0.2) is 30.6 Å². The monoisotopic (exact) mass is 328 g/mol. The summed E-state index contributed by atoms with van der Waals surface area (Å²) in [6.07, 6.45) is 3.47. The summed E-state index contributed by atoms with van der Waals surface area (Å²) in [6.45, 7) is 0. The highest BCUT2D eigenvalue weighted by atomic mass is 35.5. The van der Waals surface area contributed by atoms with Crippen LogP contribution in [0.25, 0.3) is 22.8 Å². The Morgan fingerprint density at radius 1 is 1.17 bits per heavy atom. The summed E-state index contributed by atoms with van der Waals surface area (Å²) in [4.78, 5) is 8.46. The fraction of sp³-hybridized carbons (Fsp3) is 0.267. The summed E-state index contributed by atoms with van der Waals surface area (Å²) >= 11 is 6.46. The molecule has 116 valence electrons. The van der Waals surface area contributed by atoms with Gasteiger partial charge in [0.25, 0.3) is 0 Å². The molecule has 1 saturated carbocycles. The SMILES string of the molecule is COC1(c2ccc(-c3cc(-c4nn[nH]n4)ncn3)cc2Cl)CC1. The van der Waals surface area contributed by atoms with Crippen molar-refractivity contribution < 1.29 is 4.74 Å². The van der Waals surface area contributed by atoms with Gasteiger partial charge in [0.2, 0.25) is 5.82 Å². The Morgan fingerprint density at radius 2 is 2.00 bits per heavy atom. The number of halogens is 1. The van der Waals surface area contributed by atoms with Gasteiger partial charge in [-0.15, -0.1) is 10.2 Å². The Hall–Kier alpha value is -2.38. The number of aromatic nitrogens is 6. The van der Waals surface area contributed by atoms with E-state index in [-0.39, 0.29) is 5.60 Å². The smallest absolute Gasteiger partial charge is 0.223 e. The third-order valence-corrected chi connectivity index (χ3v) is 4.40. The molecule has 1 aliphatic rings. The number of rotatable bonds is 4. The zero-order chi connectivity index (χ0) is 15.9. The highest BCUT2D eigenvalue weighted by Crippen LogP contribution is 2.51. The summed E-state index contributed by atoms with van der Waals surface area (Å²) in [6, 6.07) is 7.70. The van der Waals surface area contributed by atoms with E-state index in [1.54, 1.807) is 13.2 Å². The van der Waals surface area contributed by atoms with Crippen LogP contribution >= 0.6 is 11.6 Å². The second-order valence-electron chi connectivity index (χ2n) is 5.42. The first-order valence-corrected chi connectivity index (χ1v) is 7.51. The highest BCUT2D eigenvalue weighted by molar-refractivity contribution is 6.31. The topological polar surface area (TPSA) is 89.5 Å². The Bertz CT molecular complexity index is 847. The number of methoxy groups -OCH3 is 1. The summed E-state index contributed by atoms with van der Waals surface area (Å²) in [7, 11) is 1.72. The van der Waals surface area contributed by atoms with E-state index >= 15 is 0 Å². The number of H-pyrrole nitrogens is 1. The molecular weight excluding hydrogens is 316 g/mol. The zero-order valence-corrected chi connectivity index (χ0v) is 13.1. The molecule has 0 radical (unpaired) electrons. The van der Waals surface area contributed by atoms with Gasteiger partial charge in [0, 0.05) is 23.3 Å². The quantitative estimate of drug-likeness (QED) is 0.791. The Labute approximate surface area is 137 Å². The van der Waals surface area contributed by atoms with Crippen LogP contribution in [-0.2, 0) is 10.3 Å². The summed E-state index contributed by atoms with van der Waals surface area (Å²) in [5, 5.41) is 14.5. The number of benzene rings is 1. The molecule has 8 heteroatoms. The van der Waals surface area contributed by atoms with Crippen molar-refractivity contribution in [3.63, 3.8) is 0 Å². The minimum Gasteiger partial charge on any atom is -0.373 e. The molecule has 1 N–H and O–H groups in total. The first-order valence-electron chi connectivity index (χ1n) is 7.13. The van der Waals surface area contributed by atoms with Crippen LogP contribution in [0.2, 0.25) is 5.02 Å². The van der Waals surface area contributed by atoms with E-state index in [0.29, 0.717) is 16.5 Å². The number of aromatic amines is 1. The van der Waals surface area contributed by atoms with Gasteiger partial charge in [-0.2, -0.15) is 5.21 Å². The summed E-state index contributed by atoms with van der Waals surface area (Å²) in [5.41, 5.74) is 3.06. The fourth-order valence-corrected chi connectivity index (χ4v) is 3.00. The van der Waals surface area contributed by atoms with Gasteiger partial charge in [-0.3, -0.25) is 0 Å². The average molecular weight is 329 g/mol. The molecule has 23 heavy (non-hydrogen) atoms. The van der Waals surface area contributed by atoms with E-state index in [2.05, 4.69) is 30.6 Å². The van der Waals surface area contributed by atoms with E-state index in [4.69, 9.17) is 16.3 Å². The molecule has 0 unspecified atom stereocenters. The number of nitrogens with zero attached hydrogens (tertiary/aromatic N) is 5. The molecule has 2 aromatic heterocycles. The minimum atomic E-state index is -0.211. The van der Waals surface area contributed by atoms with Crippen LogP contribution in [0.4, 0.5) is 0 Å². The predicted octanol–water partition coefficient (Wildman–Crippen LogP) is 2.61. The van der Waals surface area contributed by atoms with Gasteiger partial charge in [0.1, 0.15) is 12.0 Å². The molecule has 7 nitrogen and oxygen atoms in total. The van der Waals surface area contributed by atoms with E-state index in [9.17, 15) is 0 Å². The van der Waals surface area contributed by atoms with Gasteiger partial charge in [0.15, 0.2) is 0 Å². The van der Waals surface area contributed by atoms with Crippen molar-refractivity contribution in [3.8, 4) is 22.8 Å². The zero-order valence-electron chi connectivity index (χ0n) is 12.3. The van der Waals surface area contributed by atoms with Gasteiger partial charge in [-0.05, 0) is 30.2 Å². The molecule has 1 fully saturated rings. The summed E-state index contributed by atoms with van der Waals surface area (Å²) < 4.78 is 5.59. The molecule has 0 atom stereocenters. The van der Waals surface area contributed by atoms with Gasteiger partial charge in [0.05, 0.1) is 11.3 Å². The first kappa shape index (κ1) is 14.2. The largest absolute Gasteiger partial charge is 0.373 e. The van der Waals surface area contributed by atoms with Crippen molar-refractivity contribution in [1.29, 1.82) is 0 Å². The van der Waals surface area contributed by atoms with E-state index in [1.807, 2.05) is 18.2 Å². The lowest BCUT2D eigenvalue weighted by Gasteiger charge is -2.16. The average Bonchev–Trinajstić information content (AvgIpc) is 3.18. The molecule has 0 bridgehead atoms. The molecular formula is C15H13ClN6O. The summed E-state index contributed by atoms with van der Waals surface area (Å²) in [5.74, 6) is 0.424. The molecule has 0 spiro atoms. The Morgan fingerprint density at radius 3 is 2.65 bits per heavy atom. The van der Waals surface area contributed by atoms with Crippen LogP contribution in [0.1, 0.15) is 18.4 Å². The van der Waals surface area contributed by atoms with E-state index < -0.39 is 0 Å². The van der Waals surface area contributed by atoms with Crippen molar-refractivity contribution in [2.45, 2.75) is 18.4 Å². The van der Waals surface area contributed by atoms with Crippen molar-refractivity contribution in [2.24, 2.45) is 0 Å². The maximum Gasteiger partial charge on any atom is 0.223 e. The van der Waals surface area contributed by atoms with Crippen molar-refractivity contribution in [2.75, 3.05) is 7.11 Å². The van der Waals surface area contributed by atoms with Crippen molar-refractivity contribution >= 4 is 11.6 Å². The van der Waals surface area contributed by atoms with Gasteiger partial charge in [-0.25, -0.2) is 9.97 Å². The second-order valence-corrected chi connectivity index (χ2v) is 5.82. The van der Waals surface area contributed by atoms with Crippen molar-refractivity contribution in [3.05, 3.63) is 41.2 Å². The highest BCUT2D eigenvalue weighted by Gasteiger charge is 2.46. The maximum absolute atomic E-state index is 6.46. The number of ether oxygens (including phenoxy) is 1. The van der Waals surface area contributed by atoms with Crippen LogP contribution in [0.3, 0.4) is 0 Å². The Balaban J connectivity index is 1.71. The maximum atomic E-state index is 6.46. The lowest BCUT2D eigenvalue weighted by atomic mass is 10.0. The van der Waals surface area contributed by atoms with Crippen LogP contribution < -0.4 is 0 Å². The van der Waals surface area contributed by atoms with E-state index in [1.165, 1.54) is 6.33 Å². The lowest BCUT2D eigenvalue weighted by molar-refractivity contribution is 0.0790. The molecule has 3 aromatic rings. The standard InChI is InChI=1S/C15H13ClN6O/c1-23-15(4-5-15)10-3-2-9(6-11(10)16)12-7-13(18-8-17-12)14-19-21-22-20-14/h2-3,6-8H,4-5H2,1H3,(H,19,20,21,22). The normalized spacial score (nSPS) is 15.6. The molecule has 2 heterocycles. The molecule has 0 saturated heterocycles. The van der Waals surface area contributed by atoms with Gasteiger partial charge < -0.3 is 4.74 Å². The predicted molar refractivity (Wildman–Crippen MR) is 83.6 cm³/mol. The minimum absolute atomic E-state index is 0.211. The van der Waals surface area contributed by atoms with Crippen LogP contribution in [0.5, 0.6) is 0 Å². The lowest BCUT2D eigenvalue weighted by Crippen LogP contribution is -2.09. The number of hydrogen-bond donors (Lipinski definition) is 1. The fourth-order valence-electron chi connectivity index (χ4n) is 2.65. The van der Waals surface area contributed by atoms with Crippen LogP contribution in [-0.4, -0.2) is 37.7 Å². The molecule has 0 amide bonds. The first-order chi connectivity index (χ1) is 11.2. The molecule has 1 aromatic carbocycles. The number of nitrogens with one attached hydrogen (secondary N) is 1. The number of hydrogen-bond acceptors (Lipinski definition) is 6. The van der Waals surface area contributed by atoms with Gasteiger partial charge >= 0.3 is 0 Å². The van der Waals surface area contributed by atoms with Crippen LogP contribution in [0, 0.1) is 0 Å². The molecule has 0 aliphatic heterocycles. The molecule has 4 rings (SSSR count). The van der Waals surface area contributed by atoms with Gasteiger partial charge in [-0.1, -0.05) is 23.7 Å².